The Balaban J connectivity index is 1.85. The van der Waals surface area contributed by atoms with E-state index in [1.165, 1.54) is 5.56 Å². The first-order valence-corrected chi connectivity index (χ1v) is 8.59. The molecule has 3 rings (SSSR count). The minimum atomic E-state index is 0.211. The number of hydrogen-bond donors (Lipinski definition) is 2. The number of aryl methyl sites for hydroxylation is 3. The second-order valence-corrected chi connectivity index (χ2v) is 6.15. The van der Waals surface area contributed by atoms with Gasteiger partial charge in [0.2, 0.25) is 5.95 Å². The Morgan fingerprint density at radius 2 is 1.62 bits per heavy atom. The lowest BCUT2D eigenvalue weighted by atomic mass is 10.0. The molecular formula is C21H22N4O. The van der Waals surface area contributed by atoms with Crippen LogP contribution in [-0.4, -0.2) is 20.8 Å². The highest BCUT2D eigenvalue weighted by Crippen LogP contribution is 2.20. The fourth-order valence-electron chi connectivity index (χ4n) is 2.77. The van der Waals surface area contributed by atoms with Crippen molar-refractivity contribution in [2.45, 2.75) is 26.7 Å². The van der Waals surface area contributed by atoms with E-state index in [-0.39, 0.29) is 5.75 Å². The maximum absolute atomic E-state index is 10.2. The van der Waals surface area contributed by atoms with E-state index < -0.39 is 0 Å². The SMILES string of the molecule is Cc1cc(C)nc(NN=C(CCc2ccccc2)c2ccccc2O)n1. The topological polar surface area (TPSA) is 70.4 Å². The summed E-state index contributed by atoms with van der Waals surface area (Å²) in [6.07, 6.45) is 1.50. The second-order valence-electron chi connectivity index (χ2n) is 6.15. The lowest BCUT2D eigenvalue weighted by Crippen LogP contribution is -2.08. The molecule has 2 N–H and O–H groups in total. The summed E-state index contributed by atoms with van der Waals surface area (Å²) in [6.45, 7) is 3.84. The van der Waals surface area contributed by atoms with Crippen molar-refractivity contribution < 1.29 is 5.11 Å². The normalized spacial score (nSPS) is 11.4. The van der Waals surface area contributed by atoms with E-state index in [2.05, 4.69) is 32.6 Å². The quantitative estimate of drug-likeness (QED) is 0.517. The summed E-state index contributed by atoms with van der Waals surface area (Å²) >= 11 is 0. The van der Waals surface area contributed by atoms with Gasteiger partial charge in [-0.2, -0.15) is 5.10 Å². The molecule has 0 unspecified atom stereocenters. The van der Waals surface area contributed by atoms with Crippen LogP contribution in [0.5, 0.6) is 5.75 Å². The highest BCUT2D eigenvalue weighted by molar-refractivity contribution is 6.03. The van der Waals surface area contributed by atoms with E-state index >= 15 is 0 Å². The van der Waals surface area contributed by atoms with Crippen molar-refractivity contribution in [1.29, 1.82) is 0 Å². The van der Waals surface area contributed by atoms with Gasteiger partial charge < -0.3 is 5.11 Å². The van der Waals surface area contributed by atoms with Crippen molar-refractivity contribution in [2.24, 2.45) is 5.10 Å². The third-order valence-corrected chi connectivity index (χ3v) is 3.98. The van der Waals surface area contributed by atoms with Gasteiger partial charge in [0.25, 0.3) is 0 Å². The first kappa shape index (κ1) is 17.6. The van der Waals surface area contributed by atoms with Crippen LogP contribution in [0.3, 0.4) is 0 Å². The number of aromatic hydroxyl groups is 1. The Morgan fingerprint density at radius 1 is 0.962 bits per heavy atom. The number of rotatable bonds is 6. The predicted molar refractivity (Wildman–Crippen MR) is 105 cm³/mol. The maximum Gasteiger partial charge on any atom is 0.243 e. The van der Waals surface area contributed by atoms with Crippen molar-refractivity contribution in [1.82, 2.24) is 9.97 Å². The molecule has 5 nitrogen and oxygen atoms in total. The highest BCUT2D eigenvalue weighted by Gasteiger charge is 2.10. The summed E-state index contributed by atoms with van der Waals surface area (Å²) in [5, 5.41) is 14.7. The zero-order valence-electron chi connectivity index (χ0n) is 15.0. The molecule has 0 radical (unpaired) electrons. The van der Waals surface area contributed by atoms with E-state index in [0.717, 1.165) is 23.5 Å². The standard InChI is InChI=1S/C21H22N4O/c1-15-14-16(2)23-21(22-15)25-24-19(18-10-6-7-11-20(18)26)13-12-17-8-4-3-5-9-17/h3-11,14,26H,12-13H2,1-2H3,(H,22,23,25). The third-order valence-electron chi connectivity index (χ3n) is 3.98. The fraction of sp³-hybridized carbons (Fsp3) is 0.190. The smallest absolute Gasteiger partial charge is 0.243 e. The van der Waals surface area contributed by atoms with E-state index in [1.54, 1.807) is 12.1 Å². The maximum atomic E-state index is 10.2. The molecule has 0 amide bonds. The predicted octanol–water partition coefficient (Wildman–Crippen LogP) is 4.25. The summed E-state index contributed by atoms with van der Waals surface area (Å²) in [5.74, 6) is 0.664. The van der Waals surface area contributed by atoms with Crippen LogP contribution in [-0.2, 0) is 6.42 Å². The largest absolute Gasteiger partial charge is 0.507 e. The van der Waals surface area contributed by atoms with Gasteiger partial charge >= 0.3 is 0 Å². The van der Waals surface area contributed by atoms with Gasteiger partial charge in [-0.15, -0.1) is 0 Å². The molecule has 3 aromatic rings. The number of para-hydroxylation sites is 1. The molecule has 0 aliphatic rings. The van der Waals surface area contributed by atoms with Crippen LogP contribution < -0.4 is 5.43 Å². The van der Waals surface area contributed by atoms with Gasteiger partial charge in [0.1, 0.15) is 5.75 Å². The molecule has 0 bridgehead atoms. The minimum absolute atomic E-state index is 0.211. The Labute approximate surface area is 153 Å². The van der Waals surface area contributed by atoms with E-state index in [0.29, 0.717) is 17.9 Å². The Kier molecular flexibility index (Phi) is 5.59. The number of nitrogens with zero attached hydrogens (tertiary/aromatic N) is 3. The molecule has 26 heavy (non-hydrogen) atoms. The van der Waals surface area contributed by atoms with Crippen molar-refractivity contribution in [2.75, 3.05) is 5.43 Å². The van der Waals surface area contributed by atoms with Crippen LogP contribution in [0.2, 0.25) is 0 Å². The molecule has 5 heteroatoms. The van der Waals surface area contributed by atoms with Crippen molar-refractivity contribution in [3.63, 3.8) is 0 Å². The molecule has 0 aliphatic heterocycles. The lowest BCUT2D eigenvalue weighted by molar-refractivity contribution is 0.474. The summed E-state index contributed by atoms with van der Waals surface area (Å²) in [6, 6.07) is 19.3. The Bertz CT molecular complexity index is 887. The number of hydrazone groups is 1. The number of benzene rings is 2. The summed E-state index contributed by atoms with van der Waals surface area (Å²) in [4.78, 5) is 8.70. The molecule has 0 aliphatic carbocycles. The Hall–Kier alpha value is -3.21. The number of nitrogens with one attached hydrogen (secondary N) is 1. The van der Waals surface area contributed by atoms with Gasteiger partial charge in [-0.3, -0.25) is 0 Å². The van der Waals surface area contributed by atoms with Crippen LogP contribution in [0.4, 0.5) is 5.95 Å². The molecule has 132 valence electrons. The average Bonchev–Trinajstić information content (AvgIpc) is 2.63. The highest BCUT2D eigenvalue weighted by atomic mass is 16.3. The number of hydrogen-bond acceptors (Lipinski definition) is 5. The zero-order valence-corrected chi connectivity index (χ0v) is 15.0. The third kappa shape index (κ3) is 4.66. The molecule has 0 fully saturated rings. The molecule has 1 aromatic heterocycles. The first-order valence-electron chi connectivity index (χ1n) is 8.59. The number of phenols is 1. The van der Waals surface area contributed by atoms with Gasteiger partial charge in [-0.25, -0.2) is 15.4 Å². The van der Waals surface area contributed by atoms with Gasteiger partial charge in [0, 0.05) is 17.0 Å². The van der Waals surface area contributed by atoms with Gasteiger partial charge in [0.15, 0.2) is 0 Å². The number of anilines is 1. The van der Waals surface area contributed by atoms with Gasteiger partial charge in [-0.05, 0) is 50.5 Å². The van der Waals surface area contributed by atoms with Crippen LogP contribution >= 0.6 is 0 Å². The molecular weight excluding hydrogens is 324 g/mol. The van der Waals surface area contributed by atoms with Gasteiger partial charge in [-0.1, -0.05) is 42.5 Å². The summed E-state index contributed by atoms with van der Waals surface area (Å²) in [5.41, 5.74) is 7.39. The van der Waals surface area contributed by atoms with Crippen molar-refractivity contribution in [3.05, 3.63) is 83.2 Å². The molecule has 2 aromatic carbocycles. The molecule has 0 saturated heterocycles. The van der Waals surface area contributed by atoms with E-state index in [9.17, 15) is 5.11 Å². The molecule has 0 spiro atoms. The van der Waals surface area contributed by atoms with Crippen LogP contribution in [0, 0.1) is 13.8 Å². The van der Waals surface area contributed by atoms with Crippen molar-refractivity contribution >= 4 is 11.7 Å². The zero-order chi connectivity index (χ0) is 18.4. The lowest BCUT2D eigenvalue weighted by Gasteiger charge is -2.10. The number of aromatic nitrogens is 2. The van der Waals surface area contributed by atoms with Gasteiger partial charge in [0.05, 0.1) is 5.71 Å². The average molecular weight is 346 g/mol. The Morgan fingerprint density at radius 3 is 2.31 bits per heavy atom. The summed E-state index contributed by atoms with van der Waals surface area (Å²) in [7, 11) is 0. The second kappa shape index (κ2) is 8.25. The monoisotopic (exact) mass is 346 g/mol. The van der Waals surface area contributed by atoms with E-state index in [4.69, 9.17) is 0 Å². The molecule has 0 saturated carbocycles. The molecule has 1 heterocycles. The van der Waals surface area contributed by atoms with E-state index in [1.807, 2.05) is 50.2 Å². The van der Waals surface area contributed by atoms with Crippen molar-refractivity contribution in [3.8, 4) is 5.75 Å². The van der Waals surface area contributed by atoms with Crippen LogP contribution in [0.25, 0.3) is 0 Å². The van der Waals surface area contributed by atoms with Crippen LogP contribution in [0.15, 0.2) is 65.8 Å². The van der Waals surface area contributed by atoms with Crippen LogP contribution in [0.1, 0.15) is 28.9 Å². The minimum Gasteiger partial charge on any atom is -0.507 e. The fourth-order valence-corrected chi connectivity index (χ4v) is 2.77. The number of phenolic OH excluding ortho intramolecular Hbond substituents is 1. The first-order chi connectivity index (χ1) is 12.6. The molecule has 0 atom stereocenters. The summed E-state index contributed by atoms with van der Waals surface area (Å²) < 4.78 is 0.